The fourth-order valence-corrected chi connectivity index (χ4v) is 1.77. The second-order valence-corrected chi connectivity index (χ2v) is 4.20. The minimum atomic E-state index is -0.651. The van der Waals surface area contributed by atoms with Crippen molar-refractivity contribution in [2.45, 2.75) is 0 Å². The Bertz CT molecular complexity index is 734. The number of hydrogen-bond donors (Lipinski definition) is 2. The predicted octanol–water partition coefficient (Wildman–Crippen LogP) is 0.737. The number of benzene rings is 1. The number of pyridine rings is 1. The van der Waals surface area contributed by atoms with Gasteiger partial charge < -0.3 is 15.6 Å². The van der Waals surface area contributed by atoms with E-state index < -0.39 is 17.4 Å². The summed E-state index contributed by atoms with van der Waals surface area (Å²) < 4.78 is 1.30. The lowest BCUT2D eigenvalue weighted by molar-refractivity contribution is 0.100. The third-order valence-electron chi connectivity index (χ3n) is 2.81. The first-order valence-electron chi connectivity index (χ1n) is 5.86. The molecule has 20 heavy (non-hydrogen) atoms. The maximum Gasteiger partial charge on any atom is 0.263 e. The molecule has 0 atom stereocenters. The zero-order chi connectivity index (χ0) is 14.7. The first-order chi connectivity index (χ1) is 9.50. The maximum atomic E-state index is 12.1. The smallest absolute Gasteiger partial charge is 0.263 e. The van der Waals surface area contributed by atoms with Crippen LogP contribution in [0.5, 0.6) is 0 Å². The summed E-state index contributed by atoms with van der Waals surface area (Å²) in [5, 5.41) is 2.52. The Kier molecular flexibility index (Phi) is 3.65. The van der Waals surface area contributed by atoms with Crippen molar-refractivity contribution in [1.29, 1.82) is 0 Å². The van der Waals surface area contributed by atoms with Gasteiger partial charge in [0, 0.05) is 13.2 Å². The van der Waals surface area contributed by atoms with Gasteiger partial charge in [-0.25, -0.2) is 0 Å². The topological polar surface area (TPSA) is 94.2 Å². The number of hydrogen-bond acceptors (Lipinski definition) is 3. The second-order valence-electron chi connectivity index (χ2n) is 4.20. The first-order valence-corrected chi connectivity index (χ1v) is 5.86. The molecule has 0 saturated heterocycles. The van der Waals surface area contributed by atoms with Gasteiger partial charge in [0.05, 0.1) is 11.3 Å². The van der Waals surface area contributed by atoms with Crippen LogP contribution >= 0.6 is 0 Å². The van der Waals surface area contributed by atoms with E-state index in [4.69, 9.17) is 5.73 Å². The summed E-state index contributed by atoms with van der Waals surface area (Å²) in [6.45, 7) is 0. The summed E-state index contributed by atoms with van der Waals surface area (Å²) in [6, 6.07) is 9.36. The van der Waals surface area contributed by atoms with Crippen LogP contribution in [-0.2, 0) is 7.05 Å². The molecule has 0 aliphatic heterocycles. The molecule has 0 fully saturated rings. The molecule has 6 nitrogen and oxygen atoms in total. The van der Waals surface area contributed by atoms with E-state index in [2.05, 4.69) is 5.32 Å². The van der Waals surface area contributed by atoms with Gasteiger partial charge >= 0.3 is 0 Å². The van der Waals surface area contributed by atoms with Gasteiger partial charge in [-0.3, -0.25) is 14.4 Å². The number of para-hydroxylation sites is 1. The van der Waals surface area contributed by atoms with Gasteiger partial charge in [0.1, 0.15) is 5.56 Å². The Hall–Kier alpha value is -2.89. The van der Waals surface area contributed by atoms with Gasteiger partial charge in [-0.15, -0.1) is 0 Å². The molecule has 0 spiro atoms. The van der Waals surface area contributed by atoms with Crippen LogP contribution in [0.1, 0.15) is 20.7 Å². The molecule has 3 N–H and O–H groups in total. The Morgan fingerprint density at radius 3 is 2.45 bits per heavy atom. The summed E-state index contributed by atoms with van der Waals surface area (Å²) in [5.74, 6) is -1.23. The van der Waals surface area contributed by atoms with Crippen molar-refractivity contribution >= 4 is 17.5 Å². The molecule has 1 aromatic carbocycles. The number of nitrogens with one attached hydrogen (secondary N) is 1. The van der Waals surface area contributed by atoms with E-state index in [1.165, 1.54) is 16.7 Å². The van der Waals surface area contributed by atoms with Crippen LogP contribution in [0.3, 0.4) is 0 Å². The lowest BCUT2D eigenvalue weighted by atomic mass is 10.1. The molecule has 1 aromatic heterocycles. The Labute approximate surface area is 114 Å². The number of rotatable bonds is 3. The van der Waals surface area contributed by atoms with Crippen molar-refractivity contribution in [2.75, 3.05) is 5.32 Å². The summed E-state index contributed by atoms with van der Waals surface area (Å²) in [7, 11) is 1.55. The van der Waals surface area contributed by atoms with Crippen molar-refractivity contribution < 1.29 is 9.59 Å². The third kappa shape index (κ3) is 2.59. The summed E-state index contributed by atoms with van der Waals surface area (Å²) in [6.07, 6.45) is 1.55. The minimum Gasteiger partial charge on any atom is -0.366 e. The summed E-state index contributed by atoms with van der Waals surface area (Å²) in [5.41, 5.74) is 5.27. The quantitative estimate of drug-likeness (QED) is 0.861. The standard InChI is InChI=1S/C14H13N3O3/c1-17-8-4-6-10(14(17)20)13(19)16-11-7-3-2-5-9(11)12(15)18/h2-8H,1H3,(H2,15,18)(H,16,19). The Morgan fingerprint density at radius 2 is 1.75 bits per heavy atom. The highest BCUT2D eigenvalue weighted by Gasteiger charge is 2.14. The van der Waals surface area contributed by atoms with Crippen LogP contribution < -0.4 is 16.6 Å². The van der Waals surface area contributed by atoms with Crippen LogP contribution in [0.25, 0.3) is 0 Å². The lowest BCUT2D eigenvalue weighted by Gasteiger charge is -2.08. The van der Waals surface area contributed by atoms with E-state index >= 15 is 0 Å². The van der Waals surface area contributed by atoms with Crippen molar-refractivity contribution in [3.8, 4) is 0 Å². The van der Waals surface area contributed by atoms with E-state index in [1.54, 1.807) is 37.5 Å². The SMILES string of the molecule is Cn1cccc(C(=O)Nc2ccccc2C(N)=O)c1=O. The number of anilines is 1. The number of primary amides is 1. The minimum absolute atomic E-state index is 0.00530. The van der Waals surface area contributed by atoms with Crippen LogP contribution in [0.2, 0.25) is 0 Å². The van der Waals surface area contributed by atoms with Gasteiger partial charge in [0.15, 0.2) is 0 Å². The van der Waals surface area contributed by atoms with Gasteiger partial charge in [-0.2, -0.15) is 0 Å². The number of aryl methyl sites for hydroxylation is 1. The summed E-state index contributed by atoms with van der Waals surface area (Å²) in [4.78, 5) is 35.2. The number of nitrogens with zero attached hydrogens (tertiary/aromatic N) is 1. The van der Waals surface area contributed by atoms with Crippen LogP contribution in [0, 0.1) is 0 Å². The number of aromatic nitrogens is 1. The largest absolute Gasteiger partial charge is 0.366 e. The van der Waals surface area contributed by atoms with Gasteiger partial charge in [0.25, 0.3) is 17.4 Å². The highest BCUT2D eigenvalue weighted by atomic mass is 16.2. The van der Waals surface area contributed by atoms with E-state index in [0.717, 1.165) is 0 Å². The maximum absolute atomic E-state index is 12.1. The molecule has 6 heteroatoms. The molecule has 0 aliphatic carbocycles. The van der Waals surface area contributed by atoms with E-state index in [9.17, 15) is 14.4 Å². The third-order valence-corrected chi connectivity index (χ3v) is 2.81. The molecule has 2 aromatic rings. The number of carbonyl (C=O) groups excluding carboxylic acids is 2. The molecule has 0 unspecified atom stereocenters. The molecule has 0 bridgehead atoms. The molecule has 0 aliphatic rings. The number of amides is 2. The Morgan fingerprint density at radius 1 is 1.10 bits per heavy atom. The highest BCUT2D eigenvalue weighted by Crippen LogP contribution is 2.14. The fraction of sp³-hybridized carbons (Fsp3) is 0.0714. The zero-order valence-electron chi connectivity index (χ0n) is 10.8. The lowest BCUT2D eigenvalue weighted by Crippen LogP contribution is -2.27. The molecule has 0 radical (unpaired) electrons. The van der Waals surface area contributed by atoms with Crippen molar-refractivity contribution in [2.24, 2.45) is 12.8 Å². The predicted molar refractivity (Wildman–Crippen MR) is 74.6 cm³/mol. The molecule has 2 amide bonds. The van der Waals surface area contributed by atoms with E-state index in [-0.39, 0.29) is 16.8 Å². The van der Waals surface area contributed by atoms with Crippen molar-refractivity contribution in [3.63, 3.8) is 0 Å². The van der Waals surface area contributed by atoms with Crippen LogP contribution in [0.4, 0.5) is 5.69 Å². The average molecular weight is 271 g/mol. The number of carbonyl (C=O) groups is 2. The van der Waals surface area contributed by atoms with Crippen LogP contribution in [0.15, 0.2) is 47.4 Å². The number of nitrogens with two attached hydrogens (primary N) is 1. The monoisotopic (exact) mass is 271 g/mol. The normalized spacial score (nSPS) is 10.1. The van der Waals surface area contributed by atoms with E-state index in [1.807, 2.05) is 0 Å². The Balaban J connectivity index is 2.36. The van der Waals surface area contributed by atoms with Gasteiger partial charge in [0.2, 0.25) is 0 Å². The molecule has 2 rings (SSSR count). The highest BCUT2D eigenvalue weighted by molar-refractivity contribution is 6.08. The van der Waals surface area contributed by atoms with Crippen molar-refractivity contribution in [1.82, 2.24) is 4.57 Å². The van der Waals surface area contributed by atoms with Crippen LogP contribution in [-0.4, -0.2) is 16.4 Å². The second kappa shape index (κ2) is 5.40. The molecular weight excluding hydrogens is 258 g/mol. The van der Waals surface area contributed by atoms with Gasteiger partial charge in [-0.05, 0) is 24.3 Å². The average Bonchev–Trinajstić information content (AvgIpc) is 2.42. The molecular formula is C14H13N3O3. The summed E-state index contributed by atoms with van der Waals surface area (Å²) >= 11 is 0. The van der Waals surface area contributed by atoms with Crippen molar-refractivity contribution in [3.05, 3.63) is 64.1 Å². The fourth-order valence-electron chi connectivity index (χ4n) is 1.77. The van der Waals surface area contributed by atoms with Gasteiger partial charge in [-0.1, -0.05) is 12.1 Å². The van der Waals surface area contributed by atoms with E-state index in [0.29, 0.717) is 0 Å². The zero-order valence-corrected chi connectivity index (χ0v) is 10.8. The first kappa shape index (κ1) is 13.5. The molecule has 1 heterocycles. The molecule has 0 saturated carbocycles. The molecule has 102 valence electrons.